The van der Waals surface area contributed by atoms with Gasteiger partial charge in [-0.2, -0.15) is 10.2 Å². The number of nitrogens with one attached hydrogen (secondary N) is 4. The second kappa shape index (κ2) is 11.0. The van der Waals surface area contributed by atoms with Gasteiger partial charge in [0.15, 0.2) is 0 Å². The van der Waals surface area contributed by atoms with Crippen LogP contribution in [0.4, 0.5) is 17.5 Å². The second-order valence-electron chi connectivity index (χ2n) is 9.04. The van der Waals surface area contributed by atoms with E-state index < -0.39 is 0 Å². The molecule has 1 aromatic carbocycles. The molecular weight excluding hydrogens is 426 g/mol. The van der Waals surface area contributed by atoms with Crippen LogP contribution in [0.25, 0.3) is 0 Å². The van der Waals surface area contributed by atoms with Crippen LogP contribution in [0.15, 0.2) is 30.5 Å². The summed E-state index contributed by atoms with van der Waals surface area (Å²) in [4.78, 5) is 21.4. The fraction of sp³-hybridized carbons (Fsp3) is 0.462. The standard InChI is InChI=1S/C26H31N7O/c1-17(28-2)25(34)31-23-5-3-4-18(14-23)6-9-20-16-29-26(33-24(20)30-21-12-13-21)32-22-10-7-19(15-27)8-11-22/h7-8,10-11,16-18,21,23,28H,3-5,12-14H2,1-2H3,(H,31,34)(H2,29,30,32,33)/t17-,18-,23-/m0/s1. The third-order valence-electron chi connectivity index (χ3n) is 6.23. The van der Waals surface area contributed by atoms with E-state index in [2.05, 4.69) is 49.1 Å². The Kier molecular flexibility index (Phi) is 7.61. The highest BCUT2D eigenvalue weighted by Gasteiger charge is 2.25. The summed E-state index contributed by atoms with van der Waals surface area (Å²) in [6.45, 7) is 1.86. The molecule has 4 N–H and O–H groups in total. The zero-order chi connectivity index (χ0) is 23.9. The zero-order valence-corrected chi connectivity index (χ0v) is 19.7. The van der Waals surface area contributed by atoms with Gasteiger partial charge >= 0.3 is 0 Å². The Hall–Kier alpha value is -3.62. The monoisotopic (exact) mass is 457 g/mol. The van der Waals surface area contributed by atoms with Gasteiger partial charge in [-0.05, 0) is 70.3 Å². The van der Waals surface area contributed by atoms with Crippen molar-refractivity contribution in [2.24, 2.45) is 5.92 Å². The highest BCUT2D eigenvalue weighted by atomic mass is 16.2. The Morgan fingerprint density at radius 1 is 1.15 bits per heavy atom. The van der Waals surface area contributed by atoms with Gasteiger partial charge in [-0.25, -0.2) is 4.98 Å². The molecule has 4 rings (SSSR count). The lowest BCUT2D eigenvalue weighted by atomic mass is 9.86. The molecule has 8 nitrogen and oxygen atoms in total. The number of hydrogen-bond donors (Lipinski definition) is 4. The molecule has 0 spiro atoms. The third-order valence-corrected chi connectivity index (χ3v) is 6.23. The molecule has 0 unspecified atom stereocenters. The Bertz CT molecular complexity index is 1110. The van der Waals surface area contributed by atoms with Crippen LogP contribution in [0.5, 0.6) is 0 Å². The maximum absolute atomic E-state index is 12.2. The lowest BCUT2D eigenvalue weighted by Crippen LogP contribution is -2.46. The molecule has 3 atom stereocenters. The quantitative estimate of drug-likeness (QED) is 0.472. The zero-order valence-electron chi connectivity index (χ0n) is 19.7. The topological polar surface area (TPSA) is 115 Å². The van der Waals surface area contributed by atoms with E-state index in [0.717, 1.165) is 55.6 Å². The maximum atomic E-state index is 12.2. The van der Waals surface area contributed by atoms with Crippen molar-refractivity contribution in [1.29, 1.82) is 5.26 Å². The van der Waals surface area contributed by atoms with Gasteiger partial charge in [-0.15, -0.1) is 0 Å². The van der Waals surface area contributed by atoms with E-state index in [1.165, 1.54) is 0 Å². The van der Waals surface area contributed by atoms with Crippen LogP contribution in [0.1, 0.15) is 56.6 Å². The molecule has 34 heavy (non-hydrogen) atoms. The summed E-state index contributed by atoms with van der Waals surface area (Å²) in [6, 6.07) is 9.69. The number of amides is 1. The molecule has 8 heteroatoms. The molecule has 0 radical (unpaired) electrons. The Balaban J connectivity index is 1.45. The van der Waals surface area contributed by atoms with Crippen molar-refractivity contribution in [3.8, 4) is 17.9 Å². The summed E-state index contributed by atoms with van der Waals surface area (Å²) in [5.74, 6) is 8.21. The van der Waals surface area contributed by atoms with Crippen molar-refractivity contribution >= 4 is 23.4 Å². The number of carbonyl (C=O) groups excluding carboxylic acids is 1. The number of likely N-dealkylation sites (N-methyl/N-ethyl adjacent to an activating group) is 1. The average Bonchev–Trinajstić information content (AvgIpc) is 3.68. The fourth-order valence-electron chi connectivity index (χ4n) is 3.91. The van der Waals surface area contributed by atoms with Crippen LogP contribution in [-0.2, 0) is 4.79 Å². The number of rotatable bonds is 7. The average molecular weight is 458 g/mol. The highest BCUT2D eigenvalue weighted by Crippen LogP contribution is 2.27. The highest BCUT2D eigenvalue weighted by molar-refractivity contribution is 5.81. The van der Waals surface area contributed by atoms with Crippen molar-refractivity contribution in [2.45, 2.75) is 63.6 Å². The van der Waals surface area contributed by atoms with Gasteiger partial charge in [0.2, 0.25) is 11.9 Å². The van der Waals surface area contributed by atoms with Crippen molar-refractivity contribution in [3.63, 3.8) is 0 Å². The molecule has 2 aliphatic rings. The lowest BCUT2D eigenvalue weighted by molar-refractivity contribution is -0.123. The van der Waals surface area contributed by atoms with E-state index in [1.54, 1.807) is 25.4 Å². The Morgan fingerprint density at radius 3 is 2.65 bits per heavy atom. The van der Waals surface area contributed by atoms with Crippen LogP contribution in [0.3, 0.4) is 0 Å². The van der Waals surface area contributed by atoms with Crippen molar-refractivity contribution < 1.29 is 4.79 Å². The molecule has 2 aliphatic carbocycles. The minimum Gasteiger partial charge on any atom is -0.366 e. The van der Waals surface area contributed by atoms with E-state index in [0.29, 0.717) is 17.6 Å². The molecule has 0 bridgehead atoms. The predicted molar refractivity (Wildman–Crippen MR) is 132 cm³/mol. The maximum Gasteiger partial charge on any atom is 0.237 e. The molecule has 0 saturated heterocycles. The number of benzene rings is 1. The molecule has 176 valence electrons. The first-order valence-electron chi connectivity index (χ1n) is 11.9. The normalized spacial score (nSPS) is 20.3. The summed E-state index contributed by atoms with van der Waals surface area (Å²) in [5.41, 5.74) is 2.21. The predicted octanol–water partition coefficient (Wildman–Crippen LogP) is 3.30. The van der Waals surface area contributed by atoms with E-state index in [9.17, 15) is 4.79 Å². The van der Waals surface area contributed by atoms with Crippen LogP contribution in [0, 0.1) is 29.1 Å². The fourth-order valence-corrected chi connectivity index (χ4v) is 3.91. The summed E-state index contributed by atoms with van der Waals surface area (Å²) >= 11 is 0. The SMILES string of the molecule is CN[C@@H](C)C(=O)N[C@H]1CCC[C@@H](C#Cc2cnc(Nc3ccc(C#N)cc3)nc2NC2CC2)C1. The molecule has 1 aromatic heterocycles. The number of carbonyl (C=O) groups is 1. The lowest BCUT2D eigenvalue weighted by Gasteiger charge is -2.28. The first-order chi connectivity index (χ1) is 16.5. The molecule has 2 saturated carbocycles. The summed E-state index contributed by atoms with van der Waals surface area (Å²) in [7, 11) is 1.79. The Labute approximate surface area is 201 Å². The van der Waals surface area contributed by atoms with Gasteiger partial charge in [0.1, 0.15) is 5.82 Å². The smallest absolute Gasteiger partial charge is 0.237 e. The van der Waals surface area contributed by atoms with Gasteiger partial charge < -0.3 is 21.3 Å². The molecule has 1 heterocycles. The number of aromatic nitrogens is 2. The largest absolute Gasteiger partial charge is 0.366 e. The van der Waals surface area contributed by atoms with Crippen LogP contribution < -0.4 is 21.3 Å². The van der Waals surface area contributed by atoms with Crippen LogP contribution in [-0.4, -0.2) is 41.0 Å². The number of hydrogen-bond acceptors (Lipinski definition) is 7. The minimum absolute atomic E-state index is 0.0378. The summed E-state index contributed by atoms with van der Waals surface area (Å²) < 4.78 is 0. The summed E-state index contributed by atoms with van der Waals surface area (Å²) in [6.07, 6.45) is 7.95. The summed E-state index contributed by atoms with van der Waals surface area (Å²) in [5, 5.41) is 21.8. The van der Waals surface area contributed by atoms with Gasteiger partial charge in [-0.1, -0.05) is 18.3 Å². The molecule has 1 amide bonds. The molecule has 2 fully saturated rings. The molecule has 0 aliphatic heterocycles. The Morgan fingerprint density at radius 2 is 1.94 bits per heavy atom. The number of nitriles is 1. The van der Waals surface area contributed by atoms with Crippen molar-refractivity contribution in [2.75, 3.05) is 17.7 Å². The van der Waals surface area contributed by atoms with Crippen LogP contribution >= 0.6 is 0 Å². The van der Waals surface area contributed by atoms with E-state index in [4.69, 9.17) is 5.26 Å². The van der Waals surface area contributed by atoms with Gasteiger partial charge in [0, 0.05) is 23.7 Å². The van der Waals surface area contributed by atoms with E-state index in [-0.39, 0.29) is 23.9 Å². The molecular formula is C26H31N7O. The van der Waals surface area contributed by atoms with Crippen LogP contribution in [0.2, 0.25) is 0 Å². The van der Waals surface area contributed by atoms with Gasteiger partial charge in [0.05, 0.1) is 29.4 Å². The van der Waals surface area contributed by atoms with Crippen molar-refractivity contribution in [3.05, 3.63) is 41.6 Å². The van der Waals surface area contributed by atoms with Gasteiger partial charge in [0.25, 0.3) is 0 Å². The third kappa shape index (κ3) is 6.46. The number of anilines is 3. The second-order valence-corrected chi connectivity index (χ2v) is 9.04. The number of nitrogens with zero attached hydrogens (tertiary/aromatic N) is 3. The van der Waals surface area contributed by atoms with Gasteiger partial charge in [-0.3, -0.25) is 4.79 Å². The van der Waals surface area contributed by atoms with E-state index >= 15 is 0 Å². The van der Waals surface area contributed by atoms with E-state index in [1.807, 2.05) is 19.1 Å². The molecule has 2 aromatic rings. The minimum atomic E-state index is -0.198. The first kappa shape index (κ1) is 23.5. The van der Waals surface area contributed by atoms with Crippen molar-refractivity contribution in [1.82, 2.24) is 20.6 Å². The first-order valence-corrected chi connectivity index (χ1v) is 11.9.